The maximum Gasteiger partial charge on any atom is 0.283 e. The summed E-state index contributed by atoms with van der Waals surface area (Å²) in [7, 11) is 3.36. The number of halogens is 1. The van der Waals surface area contributed by atoms with Crippen molar-refractivity contribution in [3.8, 4) is 0 Å². The number of nitrogens with one attached hydrogen (secondary N) is 2. The van der Waals surface area contributed by atoms with Gasteiger partial charge in [-0.2, -0.15) is 0 Å². The molecule has 120 valence electrons. The molecule has 1 aromatic rings. The van der Waals surface area contributed by atoms with Gasteiger partial charge in [0.25, 0.3) is 11.6 Å². The van der Waals surface area contributed by atoms with Gasteiger partial charge in [-0.1, -0.05) is 17.7 Å². The van der Waals surface area contributed by atoms with Gasteiger partial charge in [0.2, 0.25) is 5.91 Å². The van der Waals surface area contributed by atoms with Crippen LogP contribution < -0.4 is 10.6 Å². The highest BCUT2D eigenvalue weighted by Crippen LogP contribution is 2.25. The van der Waals surface area contributed by atoms with Crippen LogP contribution in [0.15, 0.2) is 18.2 Å². The van der Waals surface area contributed by atoms with E-state index in [1.165, 1.54) is 23.1 Å². The third-order valence-electron chi connectivity index (χ3n) is 2.94. The Morgan fingerprint density at radius 2 is 2.09 bits per heavy atom. The molecule has 0 aliphatic rings. The van der Waals surface area contributed by atoms with Crippen LogP contribution in [0, 0.1) is 10.1 Å². The van der Waals surface area contributed by atoms with E-state index >= 15 is 0 Å². The zero-order valence-electron chi connectivity index (χ0n) is 12.3. The van der Waals surface area contributed by atoms with E-state index in [-0.39, 0.29) is 23.0 Å². The Labute approximate surface area is 132 Å². The van der Waals surface area contributed by atoms with Crippen LogP contribution in [-0.4, -0.2) is 55.4 Å². The van der Waals surface area contributed by atoms with Crippen molar-refractivity contribution < 1.29 is 14.5 Å². The molecule has 0 atom stereocenters. The van der Waals surface area contributed by atoms with Crippen LogP contribution in [0.25, 0.3) is 0 Å². The highest BCUT2D eigenvalue weighted by Gasteiger charge is 2.23. The molecule has 0 aliphatic carbocycles. The Kier molecular flexibility index (Phi) is 6.74. The largest absolute Gasteiger partial charge is 0.343 e. The standard InChI is InChI=1S/C13H17ClN4O4/c1-15-6-7-17(2)11(19)8-16-13(20)12-9(14)4-3-5-10(12)18(21)22/h3-5,15H,6-8H2,1-2H3,(H,16,20). The van der Waals surface area contributed by atoms with Gasteiger partial charge >= 0.3 is 0 Å². The zero-order valence-corrected chi connectivity index (χ0v) is 13.0. The fraction of sp³-hybridized carbons (Fsp3) is 0.385. The lowest BCUT2D eigenvalue weighted by molar-refractivity contribution is -0.385. The first-order valence-corrected chi connectivity index (χ1v) is 6.86. The second kappa shape index (κ2) is 8.30. The molecule has 8 nitrogen and oxygen atoms in total. The van der Waals surface area contributed by atoms with Crippen molar-refractivity contribution in [2.24, 2.45) is 0 Å². The molecule has 0 fully saturated rings. The van der Waals surface area contributed by atoms with Gasteiger partial charge in [0.15, 0.2) is 0 Å². The predicted octanol–water partition coefficient (Wildman–Crippen LogP) is 0.656. The molecule has 0 spiro atoms. The van der Waals surface area contributed by atoms with Crippen molar-refractivity contribution in [2.45, 2.75) is 0 Å². The fourth-order valence-corrected chi connectivity index (χ4v) is 1.93. The van der Waals surface area contributed by atoms with Crippen LogP contribution in [0.1, 0.15) is 10.4 Å². The van der Waals surface area contributed by atoms with E-state index in [1.807, 2.05) is 0 Å². The third-order valence-corrected chi connectivity index (χ3v) is 3.25. The summed E-state index contributed by atoms with van der Waals surface area (Å²) in [5, 5.41) is 16.1. The van der Waals surface area contributed by atoms with E-state index in [9.17, 15) is 19.7 Å². The monoisotopic (exact) mass is 328 g/mol. The Morgan fingerprint density at radius 3 is 2.68 bits per heavy atom. The van der Waals surface area contributed by atoms with Gasteiger partial charge in [-0.3, -0.25) is 19.7 Å². The fourth-order valence-electron chi connectivity index (χ4n) is 1.67. The molecule has 0 aliphatic heterocycles. The molecule has 0 unspecified atom stereocenters. The van der Waals surface area contributed by atoms with E-state index in [2.05, 4.69) is 10.6 Å². The first-order valence-electron chi connectivity index (χ1n) is 6.48. The Morgan fingerprint density at radius 1 is 1.41 bits per heavy atom. The number of nitro benzene ring substituents is 1. The second-order valence-corrected chi connectivity index (χ2v) is 4.90. The van der Waals surface area contributed by atoms with Crippen molar-refractivity contribution in [1.29, 1.82) is 0 Å². The van der Waals surface area contributed by atoms with Gasteiger partial charge < -0.3 is 15.5 Å². The molecule has 1 rings (SSSR count). The van der Waals surface area contributed by atoms with Crippen LogP contribution in [0.5, 0.6) is 0 Å². The molecule has 0 saturated heterocycles. The summed E-state index contributed by atoms with van der Waals surface area (Å²) in [6.45, 7) is 0.838. The van der Waals surface area contributed by atoms with Gasteiger partial charge in [0.1, 0.15) is 5.56 Å². The van der Waals surface area contributed by atoms with E-state index in [4.69, 9.17) is 11.6 Å². The number of carbonyl (C=O) groups is 2. The number of rotatable bonds is 7. The molecule has 0 aromatic heterocycles. The van der Waals surface area contributed by atoms with Gasteiger partial charge in [-0.25, -0.2) is 0 Å². The number of amides is 2. The Balaban J connectivity index is 2.74. The van der Waals surface area contributed by atoms with E-state index in [1.54, 1.807) is 14.1 Å². The number of nitrogens with zero attached hydrogens (tertiary/aromatic N) is 2. The molecular weight excluding hydrogens is 312 g/mol. The maximum atomic E-state index is 12.0. The van der Waals surface area contributed by atoms with Crippen LogP contribution in [-0.2, 0) is 4.79 Å². The summed E-state index contributed by atoms with van der Waals surface area (Å²) in [6, 6.07) is 3.94. The lowest BCUT2D eigenvalue weighted by atomic mass is 10.1. The second-order valence-electron chi connectivity index (χ2n) is 4.49. The molecule has 22 heavy (non-hydrogen) atoms. The average molecular weight is 329 g/mol. The van der Waals surface area contributed by atoms with Crippen LogP contribution >= 0.6 is 11.6 Å². The van der Waals surface area contributed by atoms with Gasteiger partial charge in [0, 0.05) is 26.2 Å². The minimum absolute atomic E-state index is 0.0392. The normalized spacial score (nSPS) is 10.1. The highest BCUT2D eigenvalue weighted by atomic mass is 35.5. The van der Waals surface area contributed by atoms with Gasteiger partial charge in [-0.15, -0.1) is 0 Å². The average Bonchev–Trinajstić information content (AvgIpc) is 2.49. The molecular formula is C13H17ClN4O4. The van der Waals surface area contributed by atoms with Crippen molar-refractivity contribution in [3.05, 3.63) is 38.9 Å². The number of likely N-dealkylation sites (N-methyl/N-ethyl adjacent to an activating group) is 2. The summed E-state index contributed by atoms with van der Waals surface area (Å²) in [6.07, 6.45) is 0. The number of carbonyl (C=O) groups excluding carboxylic acids is 2. The number of benzene rings is 1. The quantitative estimate of drug-likeness (QED) is 0.565. The molecule has 2 N–H and O–H groups in total. The first-order chi connectivity index (χ1) is 10.4. The lowest BCUT2D eigenvalue weighted by Gasteiger charge is -2.17. The zero-order chi connectivity index (χ0) is 16.7. The summed E-state index contributed by atoms with van der Waals surface area (Å²) in [5.74, 6) is -1.06. The van der Waals surface area contributed by atoms with E-state index < -0.39 is 16.5 Å². The summed E-state index contributed by atoms with van der Waals surface area (Å²) < 4.78 is 0. The minimum atomic E-state index is -0.757. The van der Waals surface area contributed by atoms with E-state index in [0.717, 1.165) is 0 Å². The predicted molar refractivity (Wildman–Crippen MR) is 82.0 cm³/mol. The van der Waals surface area contributed by atoms with Gasteiger partial charge in [-0.05, 0) is 13.1 Å². The van der Waals surface area contributed by atoms with Crippen molar-refractivity contribution >= 4 is 29.1 Å². The minimum Gasteiger partial charge on any atom is -0.343 e. The maximum absolute atomic E-state index is 12.0. The van der Waals surface area contributed by atoms with Crippen LogP contribution in [0.2, 0.25) is 5.02 Å². The summed E-state index contributed by atoms with van der Waals surface area (Å²) in [5.41, 5.74) is -0.652. The lowest BCUT2D eigenvalue weighted by Crippen LogP contribution is -2.40. The highest BCUT2D eigenvalue weighted by molar-refractivity contribution is 6.34. The molecule has 9 heteroatoms. The van der Waals surface area contributed by atoms with Crippen LogP contribution in [0.3, 0.4) is 0 Å². The van der Waals surface area contributed by atoms with Crippen molar-refractivity contribution in [2.75, 3.05) is 33.7 Å². The Bertz CT molecular complexity index is 579. The summed E-state index contributed by atoms with van der Waals surface area (Å²) >= 11 is 5.85. The number of nitro groups is 1. The molecule has 0 radical (unpaired) electrons. The molecule has 0 bridgehead atoms. The van der Waals surface area contributed by atoms with Crippen LogP contribution in [0.4, 0.5) is 5.69 Å². The topological polar surface area (TPSA) is 105 Å². The molecule has 1 aromatic carbocycles. The Hall–Kier alpha value is -2.19. The van der Waals surface area contributed by atoms with Crippen molar-refractivity contribution in [3.63, 3.8) is 0 Å². The molecule has 2 amide bonds. The summed E-state index contributed by atoms with van der Waals surface area (Å²) in [4.78, 5) is 35.5. The number of hydrogen-bond donors (Lipinski definition) is 2. The molecule has 0 saturated carbocycles. The number of hydrogen-bond acceptors (Lipinski definition) is 5. The van der Waals surface area contributed by atoms with Gasteiger partial charge in [0.05, 0.1) is 16.5 Å². The smallest absolute Gasteiger partial charge is 0.283 e. The first kappa shape index (κ1) is 17.9. The van der Waals surface area contributed by atoms with Crippen molar-refractivity contribution in [1.82, 2.24) is 15.5 Å². The SMILES string of the molecule is CNCCN(C)C(=O)CNC(=O)c1c(Cl)cccc1[N+](=O)[O-]. The molecule has 0 heterocycles. The van der Waals surface area contributed by atoms with E-state index in [0.29, 0.717) is 13.1 Å². The third kappa shape index (κ3) is 4.68.